The lowest BCUT2D eigenvalue weighted by Crippen LogP contribution is -1.87. The van der Waals surface area contributed by atoms with Gasteiger partial charge in [-0.25, -0.2) is 4.98 Å². The Morgan fingerprint density at radius 2 is 1.31 bits per heavy atom. The Hall–Kier alpha value is -3.65. The van der Waals surface area contributed by atoms with E-state index in [1.807, 2.05) is 24.3 Å². The second kappa shape index (κ2) is 7.06. The number of rotatable bonds is 3. The summed E-state index contributed by atoms with van der Waals surface area (Å²) in [6.07, 6.45) is 0. The Balaban J connectivity index is 1.51. The molecule has 3 aromatic carbocycles. The third-order valence-corrected chi connectivity index (χ3v) is 5.39. The van der Waals surface area contributed by atoms with Crippen LogP contribution in [0.15, 0.2) is 95.4 Å². The van der Waals surface area contributed by atoms with E-state index in [0.29, 0.717) is 5.71 Å². The number of pyridine rings is 1. The highest BCUT2D eigenvalue weighted by Crippen LogP contribution is 2.32. The van der Waals surface area contributed by atoms with Gasteiger partial charge in [0.1, 0.15) is 5.76 Å². The SMILES string of the molecule is Cc1cccc(C)c1-c1ccc(-c2cc3ccc(-c4ccccc4)nc3o2)cc1. The summed E-state index contributed by atoms with van der Waals surface area (Å²) in [4.78, 5) is 4.71. The van der Waals surface area contributed by atoms with Gasteiger partial charge in [-0.15, -0.1) is 0 Å². The van der Waals surface area contributed by atoms with Crippen molar-refractivity contribution in [3.05, 3.63) is 102 Å². The second-order valence-electron chi connectivity index (χ2n) is 7.41. The van der Waals surface area contributed by atoms with Crippen LogP contribution < -0.4 is 0 Å². The van der Waals surface area contributed by atoms with E-state index in [9.17, 15) is 0 Å². The first-order valence-corrected chi connectivity index (χ1v) is 9.82. The minimum Gasteiger partial charge on any atom is -0.438 e. The summed E-state index contributed by atoms with van der Waals surface area (Å²) in [6, 6.07) is 31.3. The second-order valence-corrected chi connectivity index (χ2v) is 7.41. The van der Waals surface area contributed by atoms with Crippen LogP contribution in [-0.4, -0.2) is 4.98 Å². The number of nitrogens with zero attached hydrogens (tertiary/aromatic N) is 1. The summed E-state index contributed by atoms with van der Waals surface area (Å²) in [5, 5.41) is 1.01. The Kier molecular flexibility index (Phi) is 4.25. The largest absolute Gasteiger partial charge is 0.438 e. The molecule has 0 aliphatic heterocycles. The molecular weight excluding hydrogens is 354 g/mol. The molecule has 29 heavy (non-hydrogen) atoms. The molecule has 2 heterocycles. The molecule has 0 atom stereocenters. The Morgan fingerprint density at radius 1 is 0.621 bits per heavy atom. The van der Waals surface area contributed by atoms with Crippen molar-refractivity contribution in [2.75, 3.05) is 0 Å². The standard InChI is InChI=1S/C27H21NO/c1-18-7-6-8-19(2)26(18)22-13-11-21(12-14-22)25-17-23-15-16-24(28-27(23)29-25)20-9-4-3-5-10-20/h3-17H,1-2H3. The normalized spacial score (nSPS) is 11.1. The molecule has 0 saturated heterocycles. The van der Waals surface area contributed by atoms with Crippen LogP contribution in [-0.2, 0) is 0 Å². The number of aromatic nitrogens is 1. The average Bonchev–Trinajstić information content (AvgIpc) is 3.18. The molecule has 2 heteroatoms. The highest BCUT2D eigenvalue weighted by molar-refractivity contribution is 5.83. The summed E-state index contributed by atoms with van der Waals surface area (Å²) in [5.74, 6) is 0.839. The Bertz CT molecular complexity index is 1280. The smallest absolute Gasteiger partial charge is 0.227 e. The van der Waals surface area contributed by atoms with Crippen LogP contribution in [0.25, 0.3) is 44.8 Å². The lowest BCUT2D eigenvalue weighted by molar-refractivity contribution is 0.619. The van der Waals surface area contributed by atoms with Gasteiger partial charge in [-0.05, 0) is 54.3 Å². The minimum absolute atomic E-state index is 0.667. The van der Waals surface area contributed by atoms with Crippen molar-refractivity contribution in [2.45, 2.75) is 13.8 Å². The van der Waals surface area contributed by atoms with E-state index >= 15 is 0 Å². The maximum Gasteiger partial charge on any atom is 0.227 e. The van der Waals surface area contributed by atoms with Crippen LogP contribution in [0.4, 0.5) is 0 Å². The molecule has 0 spiro atoms. The molecule has 5 rings (SSSR count). The Labute approximate surface area is 170 Å². The molecule has 0 N–H and O–H groups in total. The first-order valence-electron chi connectivity index (χ1n) is 9.82. The average molecular weight is 375 g/mol. The van der Waals surface area contributed by atoms with E-state index in [1.165, 1.54) is 22.3 Å². The van der Waals surface area contributed by atoms with Gasteiger partial charge in [0.15, 0.2) is 0 Å². The van der Waals surface area contributed by atoms with Crippen LogP contribution >= 0.6 is 0 Å². The maximum absolute atomic E-state index is 6.10. The lowest BCUT2D eigenvalue weighted by atomic mass is 9.95. The minimum atomic E-state index is 0.667. The fraction of sp³-hybridized carbons (Fsp3) is 0.0741. The molecule has 2 nitrogen and oxygen atoms in total. The summed E-state index contributed by atoms with van der Waals surface area (Å²) >= 11 is 0. The van der Waals surface area contributed by atoms with Gasteiger partial charge < -0.3 is 4.42 Å². The monoisotopic (exact) mass is 375 g/mol. The molecule has 0 radical (unpaired) electrons. The van der Waals surface area contributed by atoms with Crippen LogP contribution in [0.1, 0.15) is 11.1 Å². The number of benzene rings is 3. The highest BCUT2D eigenvalue weighted by Gasteiger charge is 2.10. The van der Waals surface area contributed by atoms with Gasteiger partial charge >= 0.3 is 0 Å². The first kappa shape index (κ1) is 17.4. The number of fused-ring (bicyclic) bond motifs is 1. The summed E-state index contributed by atoms with van der Waals surface area (Å²) in [7, 11) is 0. The van der Waals surface area contributed by atoms with E-state index in [4.69, 9.17) is 9.40 Å². The number of aryl methyl sites for hydroxylation is 2. The third kappa shape index (κ3) is 3.23. The topological polar surface area (TPSA) is 26.0 Å². The molecule has 0 bridgehead atoms. The lowest BCUT2D eigenvalue weighted by Gasteiger charge is -2.10. The first-order chi connectivity index (χ1) is 14.2. The Morgan fingerprint density at radius 3 is 2.03 bits per heavy atom. The van der Waals surface area contributed by atoms with Crippen LogP contribution in [0, 0.1) is 13.8 Å². The van der Waals surface area contributed by atoms with E-state index < -0.39 is 0 Å². The molecule has 2 aromatic heterocycles. The van der Waals surface area contributed by atoms with Gasteiger partial charge in [-0.3, -0.25) is 0 Å². The van der Waals surface area contributed by atoms with Crippen LogP contribution in [0.5, 0.6) is 0 Å². The van der Waals surface area contributed by atoms with E-state index in [1.54, 1.807) is 0 Å². The van der Waals surface area contributed by atoms with Gasteiger partial charge in [-0.1, -0.05) is 72.8 Å². The number of hydrogen-bond donors (Lipinski definition) is 0. The van der Waals surface area contributed by atoms with Crippen molar-refractivity contribution in [1.82, 2.24) is 4.98 Å². The summed E-state index contributed by atoms with van der Waals surface area (Å²) in [5.41, 5.74) is 8.84. The summed E-state index contributed by atoms with van der Waals surface area (Å²) < 4.78 is 6.10. The molecule has 0 aliphatic rings. The molecule has 0 unspecified atom stereocenters. The molecule has 0 fully saturated rings. The van der Waals surface area contributed by atoms with Crippen molar-refractivity contribution in [3.8, 4) is 33.7 Å². The number of furan rings is 1. The van der Waals surface area contributed by atoms with E-state index in [0.717, 1.165) is 28.0 Å². The van der Waals surface area contributed by atoms with Crippen LogP contribution in [0.3, 0.4) is 0 Å². The molecule has 0 saturated carbocycles. The van der Waals surface area contributed by atoms with Gasteiger partial charge in [0, 0.05) is 16.5 Å². The predicted octanol–water partition coefficient (Wildman–Crippen LogP) is 7.45. The zero-order valence-electron chi connectivity index (χ0n) is 16.5. The number of hydrogen-bond acceptors (Lipinski definition) is 2. The molecular formula is C27H21NO. The highest BCUT2D eigenvalue weighted by atomic mass is 16.3. The fourth-order valence-electron chi connectivity index (χ4n) is 3.90. The zero-order valence-corrected chi connectivity index (χ0v) is 16.5. The van der Waals surface area contributed by atoms with E-state index in [-0.39, 0.29) is 0 Å². The summed E-state index contributed by atoms with van der Waals surface area (Å²) in [6.45, 7) is 4.32. The van der Waals surface area contributed by atoms with Gasteiger partial charge in [0.05, 0.1) is 5.69 Å². The van der Waals surface area contributed by atoms with Crippen molar-refractivity contribution >= 4 is 11.1 Å². The van der Waals surface area contributed by atoms with Crippen LogP contribution in [0.2, 0.25) is 0 Å². The fourth-order valence-corrected chi connectivity index (χ4v) is 3.90. The molecule has 0 amide bonds. The quantitative estimate of drug-likeness (QED) is 0.327. The maximum atomic E-state index is 6.10. The third-order valence-electron chi connectivity index (χ3n) is 5.39. The van der Waals surface area contributed by atoms with Crippen molar-refractivity contribution in [3.63, 3.8) is 0 Å². The zero-order chi connectivity index (χ0) is 19.8. The van der Waals surface area contributed by atoms with Gasteiger partial charge in [-0.2, -0.15) is 0 Å². The van der Waals surface area contributed by atoms with Gasteiger partial charge in [0.25, 0.3) is 0 Å². The van der Waals surface area contributed by atoms with Crippen molar-refractivity contribution in [1.29, 1.82) is 0 Å². The van der Waals surface area contributed by atoms with Crippen molar-refractivity contribution in [2.24, 2.45) is 0 Å². The predicted molar refractivity (Wildman–Crippen MR) is 120 cm³/mol. The van der Waals surface area contributed by atoms with Gasteiger partial charge in [0.2, 0.25) is 5.71 Å². The molecule has 140 valence electrons. The molecule has 0 aliphatic carbocycles. The van der Waals surface area contributed by atoms with E-state index in [2.05, 4.69) is 80.6 Å². The molecule has 5 aromatic rings. The van der Waals surface area contributed by atoms with Crippen molar-refractivity contribution < 1.29 is 4.42 Å².